The lowest BCUT2D eigenvalue weighted by molar-refractivity contribution is -0.0261. The standard InChI is InChI=1S/C15H26N2O/c1-14(2,3)13-4-6-15(12-16,7-5-13)17-8-10-18-11-9-17/h13H,4-11H2,1-3H3. The molecule has 0 aromatic carbocycles. The van der Waals surface area contributed by atoms with Crippen LogP contribution in [0.4, 0.5) is 0 Å². The predicted molar refractivity (Wildman–Crippen MR) is 72.1 cm³/mol. The Balaban J connectivity index is 2.02. The minimum absolute atomic E-state index is 0.203. The van der Waals surface area contributed by atoms with Crippen molar-refractivity contribution >= 4 is 0 Å². The van der Waals surface area contributed by atoms with Crippen LogP contribution in [0.25, 0.3) is 0 Å². The van der Waals surface area contributed by atoms with Crippen LogP contribution in [0.2, 0.25) is 0 Å². The van der Waals surface area contributed by atoms with Gasteiger partial charge in [0.15, 0.2) is 0 Å². The summed E-state index contributed by atoms with van der Waals surface area (Å²) in [5.74, 6) is 0.764. The number of hydrogen-bond donors (Lipinski definition) is 0. The monoisotopic (exact) mass is 250 g/mol. The molecule has 1 aliphatic heterocycles. The van der Waals surface area contributed by atoms with Gasteiger partial charge >= 0.3 is 0 Å². The fourth-order valence-corrected chi connectivity index (χ4v) is 3.45. The summed E-state index contributed by atoms with van der Waals surface area (Å²) in [6.07, 6.45) is 4.44. The van der Waals surface area contributed by atoms with E-state index in [4.69, 9.17) is 4.74 Å². The van der Waals surface area contributed by atoms with Crippen molar-refractivity contribution in [1.82, 2.24) is 4.90 Å². The number of rotatable bonds is 1. The highest BCUT2D eigenvalue weighted by Crippen LogP contribution is 2.43. The van der Waals surface area contributed by atoms with Crippen molar-refractivity contribution in [2.45, 2.75) is 52.0 Å². The van der Waals surface area contributed by atoms with Crippen molar-refractivity contribution in [3.8, 4) is 6.07 Å². The van der Waals surface area contributed by atoms with Gasteiger partial charge in [-0.2, -0.15) is 5.26 Å². The normalized spacial score (nSPS) is 35.1. The van der Waals surface area contributed by atoms with Gasteiger partial charge in [-0.05, 0) is 37.0 Å². The fourth-order valence-electron chi connectivity index (χ4n) is 3.45. The maximum Gasteiger partial charge on any atom is 0.109 e. The minimum atomic E-state index is -0.203. The molecule has 1 saturated heterocycles. The van der Waals surface area contributed by atoms with Gasteiger partial charge < -0.3 is 4.74 Å². The topological polar surface area (TPSA) is 36.3 Å². The molecule has 0 atom stereocenters. The van der Waals surface area contributed by atoms with Crippen molar-refractivity contribution in [2.75, 3.05) is 26.3 Å². The van der Waals surface area contributed by atoms with Crippen molar-refractivity contribution in [1.29, 1.82) is 5.26 Å². The first-order valence-corrected chi connectivity index (χ1v) is 7.22. The molecule has 0 aromatic rings. The molecule has 0 bridgehead atoms. The molecule has 2 aliphatic rings. The van der Waals surface area contributed by atoms with E-state index < -0.39 is 0 Å². The van der Waals surface area contributed by atoms with Gasteiger partial charge in [-0.3, -0.25) is 4.90 Å². The van der Waals surface area contributed by atoms with Gasteiger partial charge in [0.1, 0.15) is 5.54 Å². The van der Waals surface area contributed by atoms with Crippen LogP contribution in [0.5, 0.6) is 0 Å². The number of nitrogens with zero attached hydrogens (tertiary/aromatic N) is 2. The average molecular weight is 250 g/mol. The van der Waals surface area contributed by atoms with E-state index in [1.807, 2.05) is 0 Å². The predicted octanol–water partition coefficient (Wildman–Crippen LogP) is 2.82. The summed E-state index contributed by atoms with van der Waals surface area (Å²) < 4.78 is 5.40. The molecule has 0 radical (unpaired) electrons. The minimum Gasteiger partial charge on any atom is -0.379 e. The van der Waals surface area contributed by atoms with Crippen LogP contribution in [0.1, 0.15) is 46.5 Å². The van der Waals surface area contributed by atoms with Crippen LogP contribution in [-0.4, -0.2) is 36.7 Å². The van der Waals surface area contributed by atoms with Crippen molar-refractivity contribution < 1.29 is 4.74 Å². The zero-order valence-corrected chi connectivity index (χ0v) is 12.0. The fraction of sp³-hybridized carbons (Fsp3) is 0.933. The summed E-state index contributed by atoms with van der Waals surface area (Å²) >= 11 is 0. The van der Waals surface area contributed by atoms with E-state index >= 15 is 0 Å². The van der Waals surface area contributed by atoms with Crippen LogP contribution < -0.4 is 0 Å². The highest BCUT2D eigenvalue weighted by atomic mass is 16.5. The quantitative estimate of drug-likeness (QED) is 0.718. The van der Waals surface area contributed by atoms with Gasteiger partial charge in [0.25, 0.3) is 0 Å². The molecule has 0 aromatic heterocycles. The van der Waals surface area contributed by atoms with Crippen LogP contribution in [0.3, 0.4) is 0 Å². The molecule has 1 aliphatic carbocycles. The van der Waals surface area contributed by atoms with Gasteiger partial charge in [0.05, 0.1) is 19.3 Å². The van der Waals surface area contributed by atoms with E-state index in [2.05, 4.69) is 31.7 Å². The molecule has 2 fully saturated rings. The summed E-state index contributed by atoms with van der Waals surface area (Å²) in [6, 6.07) is 2.63. The third-order valence-electron chi connectivity index (χ3n) is 4.86. The van der Waals surface area contributed by atoms with E-state index in [0.29, 0.717) is 5.41 Å². The number of morpholine rings is 1. The molecule has 2 rings (SSSR count). The molecular weight excluding hydrogens is 224 g/mol. The Kier molecular flexibility index (Phi) is 3.99. The highest BCUT2D eigenvalue weighted by Gasteiger charge is 2.43. The van der Waals surface area contributed by atoms with Crippen molar-refractivity contribution in [2.24, 2.45) is 11.3 Å². The van der Waals surface area contributed by atoms with Gasteiger partial charge in [0.2, 0.25) is 0 Å². The molecule has 3 nitrogen and oxygen atoms in total. The van der Waals surface area contributed by atoms with Crippen LogP contribution >= 0.6 is 0 Å². The van der Waals surface area contributed by atoms with Crippen LogP contribution in [0, 0.1) is 22.7 Å². The maximum absolute atomic E-state index is 9.65. The third kappa shape index (κ3) is 2.70. The second-order valence-corrected chi connectivity index (χ2v) is 6.88. The maximum atomic E-state index is 9.65. The summed E-state index contributed by atoms with van der Waals surface area (Å²) in [6.45, 7) is 10.4. The molecule has 3 heteroatoms. The molecule has 18 heavy (non-hydrogen) atoms. The summed E-state index contributed by atoms with van der Waals surface area (Å²) in [7, 11) is 0. The van der Waals surface area contributed by atoms with E-state index in [1.165, 1.54) is 12.8 Å². The molecule has 1 saturated carbocycles. The van der Waals surface area contributed by atoms with Gasteiger partial charge in [-0.25, -0.2) is 0 Å². The lowest BCUT2D eigenvalue weighted by atomic mass is 9.67. The SMILES string of the molecule is CC(C)(C)C1CCC(C#N)(N2CCOCC2)CC1. The smallest absolute Gasteiger partial charge is 0.109 e. The second-order valence-electron chi connectivity index (χ2n) is 6.88. The molecule has 0 spiro atoms. The molecule has 0 N–H and O–H groups in total. The summed E-state index contributed by atoms with van der Waals surface area (Å²) in [5, 5.41) is 9.65. The first kappa shape index (κ1) is 13.8. The molecule has 0 amide bonds. The van der Waals surface area contributed by atoms with Crippen LogP contribution in [0.15, 0.2) is 0 Å². The number of ether oxygens (including phenoxy) is 1. The Morgan fingerprint density at radius 1 is 1.17 bits per heavy atom. The molecule has 1 heterocycles. The lowest BCUT2D eigenvalue weighted by Gasteiger charge is -2.47. The Morgan fingerprint density at radius 2 is 1.72 bits per heavy atom. The third-order valence-corrected chi connectivity index (χ3v) is 4.86. The Bertz CT molecular complexity index is 312. The first-order chi connectivity index (χ1) is 8.48. The second kappa shape index (κ2) is 5.19. The largest absolute Gasteiger partial charge is 0.379 e. The number of nitriles is 1. The van der Waals surface area contributed by atoms with E-state index in [0.717, 1.165) is 45.1 Å². The van der Waals surface area contributed by atoms with Gasteiger partial charge in [-0.15, -0.1) is 0 Å². The molecular formula is C15H26N2O. The first-order valence-electron chi connectivity index (χ1n) is 7.22. The molecule has 102 valence electrons. The lowest BCUT2D eigenvalue weighted by Crippen LogP contribution is -2.54. The highest BCUT2D eigenvalue weighted by molar-refractivity contribution is 5.11. The Morgan fingerprint density at radius 3 is 2.17 bits per heavy atom. The zero-order valence-electron chi connectivity index (χ0n) is 12.0. The Labute approximate surface area is 111 Å². The zero-order chi connectivity index (χ0) is 13.2. The van der Waals surface area contributed by atoms with E-state index in [-0.39, 0.29) is 5.54 Å². The average Bonchev–Trinajstić information content (AvgIpc) is 2.39. The van der Waals surface area contributed by atoms with E-state index in [9.17, 15) is 5.26 Å². The van der Waals surface area contributed by atoms with E-state index in [1.54, 1.807) is 0 Å². The van der Waals surface area contributed by atoms with Gasteiger partial charge in [0, 0.05) is 13.1 Å². The summed E-state index contributed by atoms with van der Waals surface area (Å²) in [5.41, 5.74) is 0.179. The Hall–Kier alpha value is -0.590. The number of hydrogen-bond acceptors (Lipinski definition) is 3. The summed E-state index contributed by atoms with van der Waals surface area (Å²) in [4.78, 5) is 2.37. The van der Waals surface area contributed by atoms with Crippen molar-refractivity contribution in [3.63, 3.8) is 0 Å². The van der Waals surface area contributed by atoms with Crippen molar-refractivity contribution in [3.05, 3.63) is 0 Å². The van der Waals surface area contributed by atoms with Crippen LogP contribution in [-0.2, 0) is 4.74 Å². The molecule has 0 unspecified atom stereocenters. The van der Waals surface area contributed by atoms with Gasteiger partial charge in [-0.1, -0.05) is 20.8 Å².